The molecule has 0 spiro atoms. The third-order valence-electron chi connectivity index (χ3n) is 5.23. The maximum atomic E-state index is 13.0. The first kappa shape index (κ1) is 18.1. The van der Waals surface area contributed by atoms with E-state index < -0.39 is 5.60 Å². The number of aromatic hydroxyl groups is 1. The highest BCUT2D eigenvalue weighted by atomic mass is 35.5. The first-order valence-electron chi connectivity index (χ1n) is 9.14. The van der Waals surface area contributed by atoms with Crippen molar-refractivity contribution in [2.24, 2.45) is 0 Å². The fourth-order valence-corrected chi connectivity index (χ4v) is 3.98. The lowest BCUT2D eigenvalue weighted by Crippen LogP contribution is -2.47. The number of hydrogen-bond acceptors (Lipinski definition) is 4. The SMILES string of the molecule is C[C@]1(C(=O)N2CCOc3c(O)cc(-c4cccc(Cl)c4)cc3C2)CCCO1. The number of carbonyl (C=O) groups excluding carboxylic acids is 1. The van der Waals surface area contributed by atoms with E-state index in [1.54, 1.807) is 17.0 Å². The van der Waals surface area contributed by atoms with Gasteiger partial charge in [-0.2, -0.15) is 0 Å². The summed E-state index contributed by atoms with van der Waals surface area (Å²) in [5, 5.41) is 11.1. The maximum Gasteiger partial charge on any atom is 0.254 e. The number of phenolic OH excluding ortho intramolecular Hbond substituents is 1. The second-order valence-corrected chi connectivity index (χ2v) is 7.69. The lowest BCUT2D eigenvalue weighted by molar-refractivity contribution is -0.151. The molecule has 142 valence electrons. The quantitative estimate of drug-likeness (QED) is 0.846. The summed E-state index contributed by atoms with van der Waals surface area (Å²) in [6.07, 6.45) is 1.62. The summed E-state index contributed by atoms with van der Waals surface area (Å²) in [7, 11) is 0. The van der Waals surface area contributed by atoms with Crippen molar-refractivity contribution in [1.29, 1.82) is 0 Å². The van der Waals surface area contributed by atoms with Crippen molar-refractivity contribution >= 4 is 17.5 Å². The van der Waals surface area contributed by atoms with Gasteiger partial charge in [0.1, 0.15) is 12.2 Å². The van der Waals surface area contributed by atoms with Crippen LogP contribution in [0.15, 0.2) is 36.4 Å². The summed E-state index contributed by atoms with van der Waals surface area (Å²) in [4.78, 5) is 14.8. The molecule has 5 nitrogen and oxygen atoms in total. The van der Waals surface area contributed by atoms with E-state index in [1.165, 1.54) is 0 Å². The molecule has 0 bridgehead atoms. The molecule has 2 aliphatic rings. The molecule has 0 aliphatic carbocycles. The number of fused-ring (bicyclic) bond motifs is 1. The van der Waals surface area contributed by atoms with Gasteiger partial charge in [-0.1, -0.05) is 23.7 Å². The minimum Gasteiger partial charge on any atom is -0.504 e. The molecule has 2 heterocycles. The number of phenols is 1. The number of rotatable bonds is 2. The third kappa shape index (κ3) is 3.49. The van der Waals surface area contributed by atoms with E-state index in [0.29, 0.717) is 37.1 Å². The molecule has 1 saturated heterocycles. The molecule has 1 amide bonds. The number of benzene rings is 2. The molecular formula is C21H22ClNO4. The highest BCUT2D eigenvalue weighted by Gasteiger charge is 2.41. The average Bonchev–Trinajstić information content (AvgIpc) is 2.98. The summed E-state index contributed by atoms with van der Waals surface area (Å²) < 4.78 is 11.5. The van der Waals surface area contributed by atoms with Gasteiger partial charge in [-0.05, 0) is 55.2 Å². The summed E-state index contributed by atoms with van der Waals surface area (Å²) in [5.74, 6) is 0.484. The molecule has 2 aromatic carbocycles. The lowest BCUT2D eigenvalue weighted by atomic mass is 9.99. The Morgan fingerprint density at radius 3 is 2.81 bits per heavy atom. The van der Waals surface area contributed by atoms with E-state index >= 15 is 0 Å². The smallest absolute Gasteiger partial charge is 0.254 e. The molecule has 2 aliphatic heterocycles. The molecule has 0 saturated carbocycles. The van der Waals surface area contributed by atoms with Crippen LogP contribution in [0.4, 0.5) is 0 Å². The normalized spacial score (nSPS) is 22.1. The number of hydrogen-bond donors (Lipinski definition) is 1. The molecule has 1 N–H and O–H groups in total. The molecular weight excluding hydrogens is 366 g/mol. The predicted molar refractivity (Wildman–Crippen MR) is 103 cm³/mol. The second-order valence-electron chi connectivity index (χ2n) is 7.25. The minimum atomic E-state index is -0.767. The molecule has 0 radical (unpaired) electrons. The molecule has 6 heteroatoms. The standard InChI is InChI=1S/C21H22ClNO4/c1-21(6-3-8-27-21)20(25)23-7-9-26-19-16(13-23)10-15(12-18(19)24)14-4-2-5-17(22)11-14/h2,4-5,10-12,24H,3,6-9,13H2,1H3/t21-/m1/s1. The van der Waals surface area contributed by atoms with Crippen LogP contribution in [-0.2, 0) is 16.1 Å². The van der Waals surface area contributed by atoms with Crippen molar-refractivity contribution in [3.63, 3.8) is 0 Å². The third-order valence-corrected chi connectivity index (χ3v) is 5.47. The minimum absolute atomic E-state index is 0.0240. The van der Waals surface area contributed by atoms with Crippen LogP contribution in [0.3, 0.4) is 0 Å². The van der Waals surface area contributed by atoms with Gasteiger partial charge in [-0.15, -0.1) is 0 Å². The number of amides is 1. The van der Waals surface area contributed by atoms with Crippen molar-refractivity contribution in [1.82, 2.24) is 4.90 Å². The zero-order valence-corrected chi connectivity index (χ0v) is 16.0. The molecule has 2 aromatic rings. The molecule has 27 heavy (non-hydrogen) atoms. The number of halogens is 1. The first-order valence-corrected chi connectivity index (χ1v) is 9.52. The van der Waals surface area contributed by atoms with Crippen molar-refractivity contribution in [2.45, 2.75) is 31.9 Å². The van der Waals surface area contributed by atoms with Crippen molar-refractivity contribution in [3.05, 3.63) is 47.0 Å². The van der Waals surface area contributed by atoms with Crippen LogP contribution in [0.2, 0.25) is 5.02 Å². The van der Waals surface area contributed by atoms with Gasteiger partial charge in [0.15, 0.2) is 11.5 Å². The molecule has 0 aromatic heterocycles. The van der Waals surface area contributed by atoms with Crippen LogP contribution in [0.1, 0.15) is 25.3 Å². The fourth-order valence-electron chi connectivity index (χ4n) is 3.79. The van der Waals surface area contributed by atoms with Gasteiger partial charge in [0, 0.05) is 23.7 Å². The van der Waals surface area contributed by atoms with Crippen LogP contribution in [-0.4, -0.2) is 41.3 Å². The van der Waals surface area contributed by atoms with Gasteiger partial charge in [0.2, 0.25) is 0 Å². The van der Waals surface area contributed by atoms with E-state index in [1.807, 2.05) is 31.2 Å². The average molecular weight is 388 g/mol. The monoisotopic (exact) mass is 387 g/mol. The zero-order chi connectivity index (χ0) is 19.0. The van der Waals surface area contributed by atoms with Gasteiger partial charge in [0.05, 0.1) is 6.54 Å². The van der Waals surface area contributed by atoms with Crippen molar-refractivity contribution < 1.29 is 19.4 Å². The number of ether oxygens (including phenoxy) is 2. The largest absolute Gasteiger partial charge is 0.504 e. The molecule has 1 atom stereocenters. The Bertz CT molecular complexity index is 876. The van der Waals surface area contributed by atoms with Crippen LogP contribution in [0, 0.1) is 0 Å². The first-order chi connectivity index (χ1) is 13.0. The Morgan fingerprint density at radius 2 is 2.07 bits per heavy atom. The van der Waals surface area contributed by atoms with Crippen LogP contribution in [0.25, 0.3) is 11.1 Å². The highest BCUT2D eigenvalue weighted by molar-refractivity contribution is 6.30. The second kappa shape index (κ2) is 7.06. The van der Waals surface area contributed by atoms with Gasteiger partial charge >= 0.3 is 0 Å². The Morgan fingerprint density at radius 1 is 1.22 bits per heavy atom. The van der Waals surface area contributed by atoms with E-state index in [-0.39, 0.29) is 11.7 Å². The van der Waals surface area contributed by atoms with Crippen LogP contribution in [0.5, 0.6) is 11.5 Å². The Hall–Kier alpha value is -2.24. The summed E-state index contributed by atoms with van der Waals surface area (Å²) in [6, 6.07) is 11.1. The van der Waals surface area contributed by atoms with E-state index in [2.05, 4.69) is 0 Å². The number of nitrogens with zero attached hydrogens (tertiary/aromatic N) is 1. The van der Waals surface area contributed by atoms with E-state index in [0.717, 1.165) is 29.5 Å². The van der Waals surface area contributed by atoms with Crippen molar-refractivity contribution in [3.8, 4) is 22.6 Å². The Balaban J connectivity index is 1.68. The topological polar surface area (TPSA) is 59.0 Å². The fraction of sp³-hybridized carbons (Fsp3) is 0.381. The van der Waals surface area contributed by atoms with Crippen LogP contribution >= 0.6 is 11.6 Å². The van der Waals surface area contributed by atoms with Gasteiger partial charge in [-0.3, -0.25) is 4.79 Å². The van der Waals surface area contributed by atoms with Gasteiger partial charge in [-0.25, -0.2) is 0 Å². The highest BCUT2D eigenvalue weighted by Crippen LogP contribution is 2.39. The molecule has 1 fully saturated rings. The summed E-state index contributed by atoms with van der Waals surface area (Å²) >= 11 is 6.10. The number of carbonyl (C=O) groups is 1. The zero-order valence-electron chi connectivity index (χ0n) is 15.2. The molecule has 4 rings (SSSR count). The van der Waals surface area contributed by atoms with Crippen LogP contribution < -0.4 is 4.74 Å². The van der Waals surface area contributed by atoms with E-state index in [9.17, 15) is 9.90 Å². The van der Waals surface area contributed by atoms with Gasteiger partial charge in [0.25, 0.3) is 5.91 Å². The summed E-state index contributed by atoms with van der Waals surface area (Å²) in [5.41, 5.74) is 1.73. The van der Waals surface area contributed by atoms with Gasteiger partial charge < -0.3 is 19.5 Å². The Kier molecular flexibility index (Phi) is 4.74. The Labute approximate surface area is 163 Å². The maximum absolute atomic E-state index is 13.0. The van der Waals surface area contributed by atoms with Crippen molar-refractivity contribution in [2.75, 3.05) is 19.8 Å². The predicted octanol–water partition coefficient (Wildman–Crippen LogP) is 4.00. The summed E-state index contributed by atoms with van der Waals surface area (Å²) in [6.45, 7) is 3.63. The van der Waals surface area contributed by atoms with E-state index in [4.69, 9.17) is 21.1 Å². The lowest BCUT2D eigenvalue weighted by Gasteiger charge is -2.30. The molecule has 0 unspecified atom stereocenters.